The molecule has 0 aromatic rings. The molecule has 3 atom stereocenters. The van der Waals surface area contributed by atoms with Crippen LogP contribution in [0, 0.1) is 0 Å². The lowest BCUT2D eigenvalue weighted by molar-refractivity contribution is 1.06. The van der Waals surface area contributed by atoms with Gasteiger partial charge in [0.15, 0.2) is 0 Å². The molecule has 9 heavy (non-hydrogen) atoms. The Hall–Kier alpha value is 1.91. The molecule has 2 bridgehead atoms. The van der Waals surface area contributed by atoms with E-state index in [0.29, 0.717) is 14.2 Å². The number of hydrogen-bond acceptors (Lipinski definition) is 3. The molecule has 0 spiro atoms. The summed E-state index contributed by atoms with van der Waals surface area (Å²) in [6, 6.07) is 0. The summed E-state index contributed by atoms with van der Waals surface area (Å²) in [5.74, 6) is 1.55. The Balaban J connectivity index is 2.05. The lowest BCUT2D eigenvalue weighted by atomic mass is 10.6. The van der Waals surface area contributed by atoms with Crippen LogP contribution < -0.4 is 0 Å². The lowest BCUT2D eigenvalue weighted by Crippen LogP contribution is -2.01. The molecule has 0 radical (unpaired) electrons. The fourth-order valence-electron chi connectivity index (χ4n) is 0.948. The summed E-state index contributed by atoms with van der Waals surface area (Å²) in [7, 11) is 5.09. The van der Waals surface area contributed by atoms with Gasteiger partial charge in [0.05, 0.1) is 0 Å². The first-order valence-corrected chi connectivity index (χ1v) is 10.1. The van der Waals surface area contributed by atoms with Crippen molar-refractivity contribution in [2.24, 2.45) is 0 Å². The molecule has 0 N–H and O–H groups in total. The summed E-state index contributed by atoms with van der Waals surface area (Å²) in [5.41, 5.74) is 0. The zero-order valence-corrected chi connectivity index (χ0v) is 9.17. The van der Waals surface area contributed by atoms with Crippen molar-refractivity contribution in [2.75, 3.05) is 12.1 Å². The molecule has 0 aliphatic carbocycles. The Bertz CT molecular complexity index is 120. The Morgan fingerprint density at radius 1 is 1.44 bits per heavy atom. The smallest absolute Gasteiger partial charge is 0.0326 e. The van der Waals surface area contributed by atoms with Crippen LogP contribution in [0.3, 0.4) is 0 Å². The molecule has 2 heterocycles. The molecular formula is C4H8P2S3. The van der Waals surface area contributed by atoms with E-state index in [1.807, 2.05) is 0 Å². The predicted octanol–water partition coefficient (Wildman–Crippen LogP) is 3.79. The van der Waals surface area contributed by atoms with Gasteiger partial charge in [0, 0.05) is 10.9 Å². The fourth-order valence-corrected chi connectivity index (χ4v) is 23.6. The van der Waals surface area contributed by atoms with Gasteiger partial charge >= 0.3 is 0 Å². The summed E-state index contributed by atoms with van der Waals surface area (Å²) in [6.45, 7) is 0. The first-order valence-electron chi connectivity index (χ1n) is 2.91. The molecule has 0 aromatic heterocycles. The predicted molar refractivity (Wildman–Crippen MR) is 56.1 cm³/mol. The summed E-state index contributed by atoms with van der Waals surface area (Å²) in [4.78, 5) is 0.777. The average molecular weight is 214 g/mol. The largest absolute Gasteiger partial charge is 0.170 e. The van der Waals surface area contributed by atoms with E-state index in [9.17, 15) is 0 Å². The molecule has 52 valence electrons. The molecule has 0 saturated carbocycles. The second-order valence-electron chi connectivity index (χ2n) is 2.18. The van der Waals surface area contributed by atoms with E-state index in [0.717, 1.165) is 4.99 Å². The minimum atomic E-state index is 0.316. The lowest BCUT2D eigenvalue weighted by Gasteiger charge is -2.21. The Labute approximate surface area is 71.1 Å². The van der Waals surface area contributed by atoms with Crippen molar-refractivity contribution in [3.8, 4) is 0 Å². The van der Waals surface area contributed by atoms with E-state index < -0.39 is 0 Å². The van der Waals surface area contributed by atoms with Crippen LogP contribution in [0.2, 0.25) is 0 Å². The van der Waals surface area contributed by atoms with E-state index in [1.165, 1.54) is 12.6 Å². The Kier molecular flexibility index (Phi) is 2.61. The van der Waals surface area contributed by atoms with Gasteiger partial charge in [0.2, 0.25) is 0 Å². The first-order chi connectivity index (χ1) is 4.36. The Morgan fingerprint density at radius 2 is 2.33 bits per heavy atom. The van der Waals surface area contributed by atoms with Gasteiger partial charge in [0.25, 0.3) is 0 Å². The Morgan fingerprint density at radius 3 is 3.11 bits per heavy atom. The molecule has 2 aliphatic rings. The third-order valence-electron chi connectivity index (χ3n) is 1.50. The van der Waals surface area contributed by atoms with Gasteiger partial charge < -0.3 is 0 Å². The van der Waals surface area contributed by atoms with Crippen molar-refractivity contribution < 1.29 is 0 Å². The minimum Gasteiger partial charge on any atom is -0.170 e. The minimum absolute atomic E-state index is 0.316. The SMILES string of the molecule is SC1CCP2CP1SS2. The van der Waals surface area contributed by atoms with Gasteiger partial charge in [-0.3, -0.25) is 0 Å². The van der Waals surface area contributed by atoms with Gasteiger partial charge in [-0.25, -0.2) is 0 Å². The van der Waals surface area contributed by atoms with Crippen LogP contribution in [0.1, 0.15) is 6.42 Å². The zero-order valence-electron chi connectivity index (χ0n) is 4.86. The van der Waals surface area contributed by atoms with Gasteiger partial charge in [0.1, 0.15) is 0 Å². The molecule has 2 aliphatic heterocycles. The standard InChI is InChI=1S/C4H8P2S3/c7-4-1-2-5-3-6(4)9-8-5/h4,7H,1-3H2. The number of hydrogen-bond donors (Lipinski definition) is 1. The highest BCUT2D eigenvalue weighted by molar-refractivity contribution is 9.16. The molecule has 5 heteroatoms. The molecule has 2 saturated heterocycles. The topological polar surface area (TPSA) is 0 Å². The number of fused-ring (bicyclic) bond motifs is 2. The monoisotopic (exact) mass is 214 g/mol. The summed E-state index contributed by atoms with van der Waals surface area (Å²) in [6.07, 6.45) is 2.89. The number of rotatable bonds is 0. The summed E-state index contributed by atoms with van der Waals surface area (Å²) >= 11 is 4.57. The van der Waals surface area contributed by atoms with Crippen LogP contribution in [0.15, 0.2) is 0 Å². The van der Waals surface area contributed by atoms with Crippen molar-refractivity contribution in [2.45, 2.75) is 11.4 Å². The van der Waals surface area contributed by atoms with Crippen LogP contribution in [-0.2, 0) is 0 Å². The highest BCUT2D eigenvalue weighted by Gasteiger charge is 2.35. The molecular weight excluding hydrogens is 206 g/mol. The van der Waals surface area contributed by atoms with E-state index in [1.54, 1.807) is 5.90 Å². The molecule has 3 unspecified atom stereocenters. The van der Waals surface area contributed by atoms with Crippen molar-refractivity contribution in [3.63, 3.8) is 0 Å². The van der Waals surface area contributed by atoms with Crippen LogP contribution >= 0.6 is 47.7 Å². The molecule has 0 aromatic carbocycles. The fraction of sp³-hybridized carbons (Fsp3) is 1.00. The summed E-state index contributed by atoms with van der Waals surface area (Å²) in [5, 5.41) is 0. The van der Waals surface area contributed by atoms with Crippen molar-refractivity contribution in [1.29, 1.82) is 0 Å². The normalized spacial score (nSPS) is 49.7. The maximum atomic E-state index is 4.57. The van der Waals surface area contributed by atoms with Gasteiger partial charge in [-0.15, -0.1) is 0 Å². The van der Waals surface area contributed by atoms with Crippen LogP contribution in [0.5, 0.6) is 0 Å². The third kappa shape index (κ3) is 1.56. The van der Waals surface area contributed by atoms with Gasteiger partial charge in [-0.1, -0.05) is 20.8 Å². The highest BCUT2D eigenvalue weighted by Crippen LogP contribution is 2.85. The molecule has 2 fully saturated rings. The van der Waals surface area contributed by atoms with Crippen LogP contribution in [0.4, 0.5) is 0 Å². The summed E-state index contributed by atoms with van der Waals surface area (Å²) < 4.78 is 0. The van der Waals surface area contributed by atoms with Gasteiger partial charge in [-0.2, -0.15) is 12.6 Å². The van der Waals surface area contributed by atoms with Crippen molar-refractivity contribution in [3.05, 3.63) is 0 Å². The van der Waals surface area contributed by atoms with E-state index in [-0.39, 0.29) is 0 Å². The van der Waals surface area contributed by atoms with Gasteiger partial charge in [-0.05, 0) is 26.8 Å². The zero-order chi connectivity index (χ0) is 6.27. The quantitative estimate of drug-likeness (QED) is 0.370. The number of thiol groups is 1. The maximum Gasteiger partial charge on any atom is 0.0326 e. The van der Waals surface area contributed by atoms with E-state index in [4.69, 9.17) is 0 Å². The molecule has 0 nitrogen and oxygen atoms in total. The average Bonchev–Trinajstić information content (AvgIpc) is 2.25. The maximum absolute atomic E-state index is 4.57. The third-order valence-corrected chi connectivity index (χ3v) is 18.4. The van der Waals surface area contributed by atoms with Crippen LogP contribution in [-0.4, -0.2) is 17.1 Å². The van der Waals surface area contributed by atoms with Crippen LogP contribution in [0.25, 0.3) is 0 Å². The van der Waals surface area contributed by atoms with E-state index in [2.05, 4.69) is 33.5 Å². The second kappa shape index (κ2) is 3.11. The second-order valence-corrected chi connectivity index (χ2v) is 14.0. The first kappa shape index (κ1) is 7.55. The highest BCUT2D eigenvalue weighted by atomic mass is 33.5. The molecule has 2 rings (SSSR count). The van der Waals surface area contributed by atoms with E-state index >= 15 is 0 Å². The van der Waals surface area contributed by atoms with Crippen molar-refractivity contribution in [1.82, 2.24) is 0 Å². The molecule has 0 amide bonds. The van der Waals surface area contributed by atoms with Crippen molar-refractivity contribution >= 4 is 47.7 Å².